The first-order valence-electron chi connectivity index (χ1n) is 10.7. The van der Waals surface area contributed by atoms with Gasteiger partial charge in [-0.05, 0) is 93.8 Å². The highest BCUT2D eigenvalue weighted by Gasteiger charge is 2.43. The van der Waals surface area contributed by atoms with Gasteiger partial charge in [0.2, 0.25) is 0 Å². The molecule has 0 bridgehead atoms. The second kappa shape index (κ2) is 10.4. The molecule has 1 unspecified atom stereocenters. The van der Waals surface area contributed by atoms with Gasteiger partial charge in [-0.2, -0.15) is 13.2 Å². The third-order valence-corrected chi connectivity index (χ3v) is 7.14. The number of carbonyl (C=O) groups excluding carboxylic acids is 1. The van der Waals surface area contributed by atoms with Gasteiger partial charge in [-0.15, -0.1) is 0 Å². The number of alkyl halides is 3. The Morgan fingerprint density at radius 1 is 1.17 bits per heavy atom. The summed E-state index contributed by atoms with van der Waals surface area (Å²) in [6, 6.07) is 6.07. The average Bonchev–Trinajstić information content (AvgIpc) is 2.74. The lowest BCUT2D eigenvalue weighted by Gasteiger charge is -2.36. The molecule has 0 aliphatic carbocycles. The summed E-state index contributed by atoms with van der Waals surface area (Å²) < 4.78 is 44.5. The fraction of sp³-hybridized carbons (Fsp3) is 0.682. The lowest BCUT2D eigenvalue weighted by molar-refractivity contribution is -0.187. The smallest absolute Gasteiger partial charge is 0.471 e. The topological polar surface area (TPSA) is 32.8 Å². The Kier molecular flexibility index (Phi) is 8.07. The number of likely N-dealkylation sites (tertiary alicyclic amines) is 2. The van der Waals surface area contributed by atoms with E-state index < -0.39 is 12.1 Å². The monoisotopic (exact) mass is 490 g/mol. The lowest BCUT2D eigenvalue weighted by Crippen LogP contribution is -2.47. The summed E-state index contributed by atoms with van der Waals surface area (Å²) in [4.78, 5) is 14.9. The zero-order valence-electron chi connectivity index (χ0n) is 17.4. The molecule has 30 heavy (non-hydrogen) atoms. The number of carbonyl (C=O) groups is 1. The molecule has 1 aromatic carbocycles. The fourth-order valence-corrected chi connectivity index (χ4v) is 5.00. The normalized spacial score (nSPS) is 21.6. The molecule has 1 amide bonds. The highest BCUT2D eigenvalue weighted by molar-refractivity contribution is 9.10. The van der Waals surface area contributed by atoms with Crippen molar-refractivity contribution in [1.29, 1.82) is 0 Å². The van der Waals surface area contributed by atoms with Gasteiger partial charge in [0.15, 0.2) is 0 Å². The van der Waals surface area contributed by atoms with Gasteiger partial charge >= 0.3 is 12.1 Å². The van der Waals surface area contributed by atoms with E-state index in [1.807, 2.05) is 12.1 Å². The van der Waals surface area contributed by atoms with Crippen molar-refractivity contribution in [2.45, 2.75) is 44.7 Å². The van der Waals surface area contributed by atoms with Crippen molar-refractivity contribution >= 4 is 21.8 Å². The Hall–Kier alpha value is -1.28. The van der Waals surface area contributed by atoms with Crippen LogP contribution < -0.4 is 4.74 Å². The van der Waals surface area contributed by atoms with Gasteiger partial charge in [0, 0.05) is 17.6 Å². The Labute approximate surface area is 184 Å². The Balaban J connectivity index is 1.41. The molecule has 8 heteroatoms. The van der Waals surface area contributed by atoms with Gasteiger partial charge in [0.25, 0.3) is 0 Å². The van der Waals surface area contributed by atoms with Gasteiger partial charge in [-0.1, -0.05) is 15.9 Å². The highest BCUT2D eigenvalue weighted by Crippen LogP contribution is 2.30. The first kappa shape index (κ1) is 23.4. The van der Waals surface area contributed by atoms with Crippen LogP contribution in [0.25, 0.3) is 0 Å². The molecule has 168 valence electrons. The second-order valence-corrected chi connectivity index (χ2v) is 9.35. The van der Waals surface area contributed by atoms with Crippen LogP contribution in [0.4, 0.5) is 13.2 Å². The first-order chi connectivity index (χ1) is 14.3. The maximum absolute atomic E-state index is 12.7. The van der Waals surface area contributed by atoms with Crippen molar-refractivity contribution in [1.82, 2.24) is 9.80 Å². The Morgan fingerprint density at radius 2 is 1.90 bits per heavy atom. The van der Waals surface area contributed by atoms with E-state index in [9.17, 15) is 18.0 Å². The third-order valence-electron chi connectivity index (χ3n) is 6.37. The van der Waals surface area contributed by atoms with Crippen LogP contribution in [0.3, 0.4) is 0 Å². The van der Waals surface area contributed by atoms with Crippen LogP contribution >= 0.6 is 15.9 Å². The van der Waals surface area contributed by atoms with E-state index in [-0.39, 0.29) is 19.0 Å². The minimum absolute atomic E-state index is 0.163. The van der Waals surface area contributed by atoms with E-state index in [2.05, 4.69) is 26.9 Å². The molecule has 2 aliphatic heterocycles. The van der Waals surface area contributed by atoms with Crippen molar-refractivity contribution in [3.05, 3.63) is 28.2 Å². The minimum atomic E-state index is -4.76. The van der Waals surface area contributed by atoms with Crippen LogP contribution in [0.5, 0.6) is 5.75 Å². The molecule has 2 saturated heterocycles. The van der Waals surface area contributed by atoms with Crippen molar-refractivity contribution in [2.24, 2.45) is 11.8 Å². The van der Waals surface area contributed by atoms with Gasteiger partial charge in [0.05, 0.1) is 7.11 Å². The predicted octanol–water partition coefficient (Wildman–Crippen LogP) is 4.90. The maximum Gasteiger partial charge on any atom is 0.471 e. The number of hydrogen-bond donors (Lipinski definition) is 0. The number of rotatable bonds is 6. The molecule has 2 fully saturated rings. The van der Waals surface area contributed by atoms with Crippen molar-refractivity contribution in [3.63, 3.8) is 0 Å². The first-order valence-corrected chi connectivity index (χ1v) is 11.5. The lowest BCUT2D eigenvalue weighted by atomic mass is 9.89. The van der Waals surface area contributed by atoms with Crippen LogP contribution in [-0.2, 0) is 11.2 Å². The van der Waals surface area contributed by atoms with Crippen LogP contribution in [-0.4, -0.2) is 61.7 Å². The zero-order chi connectivity index (χ0) is 21.7. The zero-order valence-corrected chi connectivity index (χ0v) is 19.0. The molecular weight excluding hydrogens is 461 g/mol. The summed E-state index contributed by atoms with van der Waals surface area (Å²) in [6.07, 6.45) is 0.907. The van der Waals surface area contributed by atoms with Crippen LogP contribution in [0.15, 0.2) is 22.7 Å². The number of benzene rings is 1. The van der Waals surface area contributed by atoms with E-state index in [0.717, 1.165) is 66.9 Å². The molecular formula is C22H30BrF3N2O2. The summed E-state index contributed by atoms with van der Waals surface area (Å²) in [6.45, 7) is 3.39. The van der Waals surface area contributed by atoms with Gasteiger partial charge in [-0.25, -0.2) is 0 Å². The molecule has 0 radical (unpaired) electrons. The number of methoxy groups -OCH3 is 1. The molecule has 0 aromatic heterocycles. The molecule has 0 N–H and O–H groups in total. The van der Waals surface area contributed by atoms with Crippen LogP contribution in [0, 0.1) is 11.8 Å². The maximum atomic E-state index is 12.7. The quantitative estimate of drug-likeness (QED) is 0.568. The number of ether oxygens (including phenoxy) is 1. The SMILES string of the molecule is COc1ccc(Br)c(CC2CCN(CCC3CCCN(C(=O)C(F)(F)F)C3)CC2)c1. The average molecular weight is 491 g/mol. The van der Waals surface area contributed by atoms with Gasteiger partial charge < -0.3 is 14.5 Å². The summed E-state index contributed by atoms with van der Waals surface area (Å²) in [5, 5.41) is 0. The Morgan fingerprint density at radius 3 is 2.57 bits per heavy atom. The number of piperidine rings is 2. The number of nitrogens with zero attached hydrogens (tertiary/aromatic N) is 2. The standard InChI is InChI=1S/C22H30BrF3N2O2/c1-30-19-4-5-20(23)18(14-19)13-16-6-10-27(11-7-16)12-8-17-3-2-9-28(15-17)21(29)22(24,25)26/h4-5,14,16-17H,2-3,6-13,15H2,1H3. The van der Waals surface area contributed by atoms with Crippen molar-refractivity contribution in [2.75, 3.05) is 39.8 Å². The number of amides is 1. The number of hydrogen-bond acceptors (Lipinski definition) is 3. The van der Waals surface area contributed by atoms with E-state index in [1.54, 1.807) is 7.11 Å². The van der Waals surface area contributed by atoms with Gasteiger partial charge in [-0.3, -0.25) is 4.79 Å². The number of halogens is 4. The summed E-state index contributed by atoms with van der Waals surface area (Å²) >= 11 is 3.63. The fourth-order valence-electron chi connectivity index (χ4n) is 4.59. The van der Waals surface area contributed by atoms with E-state index >= 15 is 0 Å². The minimum Gasteiger partial charge on any atom is -0.497 e. The molecule has 1 aromatic rings. The molecule has 1 atom stereocenters. The van der Waals surface area contributed by atoms with Crippen molar-refractivity contribution < 1.29 is 22.7 Å². The molecule has 3 rings (SSSR count). The summed E-state index contributed by atoms with van der Waals surface area (Å²) in [5.74, 6) is -0.0253. The largest absolute Gasteiger partial charge is 0.497 e. The highest BCUT2D eigenvalue weighted by atomic mass is 79.9. The third kappa shape index (κ3) is 6.36. The summed E-state index contributed by atoms with van der Waals surface area (Å²) in [7, 11) is 1.68. The van der Waals surface area contributed by atoms with E-state index in [4.69, 9.17) is 4.74 Å². The molecule has 2 aliphatic rings. The van der Waals surface area contributed by atoms with Gasteiger partial charge in [0.1, 0.15) is 5.75 Å². The van der Waals surface area contributed by atoms with E-state index in [0.29, 0.717) is 12.3 Å². The van der Waals surface area contributed by atoms with E-state index in [1.165, 1.54) is 5.56 Å². The van der Waals surface area contributed by atoms with Crippen LogP contribution in [0.2, 0.25) is 0 Å². The summed E-state index contributed by atoms with van der Waals surface area (Å²) in [5.41, 5.74) is 1.27. The predicted molar refractivity (Wildman–Crippen MR) is 114 cm³/mol. The molecule has 0 saturated carbocycles. The molecule has 4 nitrogen and oxygen atoms in total. The van der Waals surface area contributed by atoms with Crippen molar-refractivity contribution in [3.8, 4) is 5.75 Å². The Bertz CT molecular complexity index is 721. The second-order valence-electron chi connectivity index (χ2n) is 8.49. The molecule has 0 spiro atoms. The van der Waals surface area contributed by atoms with Crippen LogP contribution in [0.1, 0.15) is 37.7 Å². The molecule has 2 heterocycles.